The standard InChI is InChI=1S/C20H24F2N4O/c1-23-20(24-13-15-2-5-17(21)6-3-15)25-14-16-4-7-19(18(22)12-16)26-8-10-27-11-9-26/h2-7,12H,8-11,13-14H2,1H3,(H2,23,24,25). The molecule has 0 bridgehead atoms. The topological polar surface area (TPSA) is 48.9 Å². The van der Waals surface area contributed by atoms with Crippen LogP contribution in [0.1, 0.15) is 11.1 Å². The van der Waals surface area contributed by atoms with Crippen molar-refractivity contribution in [1.82, 2.24) is 10.6 Å². The summed E-state index contributed by atoms with van der Waals surface area (Å²) < 4.78 is 32.7. The van der Waals surface area contributed by atoms with Crippen molar-refractivity contribution in [2.45, 2.75) is 13.1 Å². The van der Waals surface area contributed by atoms with Crippen molar-refractivity contribution in [3.8, 4) is 0 Å². The molecule has 3 rings (SSSR count). The molecule has 1 aliphatic heterocycles. The Bertz CT molecular complexity index is 774. The lowest BCUT2D eigenvalue weighted by Crippen LogP contribution is -2.37. The highest BCUT2D eigenvalue weighted by Crippen LogP contribution is 2.21. The minimum absolute atomic E-state index is 0.231. The highest BCUT2D eigenvalue weighted by molar-refractivity contribution is 5.79. The Balaban J connectivity index is 1.53. The summed E-state index contributed by atoms with van der Waals surface area (Å²) in [6.45, 7) is 3.62. The number of hydrogen-bond acceptors (Lipinski definition) is 3. The molecule has 0 aromatic heterocycles. The predicted molar refractivity (Wildman–Crippen MR) is 103 cm³/mol. The summed E-state index contributed by atoms with van der Waals surface area (Å²) in [5, 5.41) is 6.31. The number of nitrogens with zero attached hydrogens (tertiary/aromatic N) is 2. The van der Waals surface area contributed by atoms with Crippen LogP contribution in [0.5, 0.6) is 0 Å². The average Bonchev–Trinajstić information content (AvgIpc) is 2.70. The molecule has 1 saturated heterocycles. The van der Waals surface area contributed by atoms with E-state index in [0.29, 0.717) is 51.0 Å². The van der Waals surface area contributed by atoms with E-state index >= 15 is 0 Å². The van der Waals surface area contributed by atoms with Crippen LogP contribution < -0.4 is 15.5 Å². The van der Waals surface area contributed by atoms with Crippen molar-refractivity contribution in [1.29, 1.82) is 0 Å². The molecule has 0 spiro atoms. The number of anilines is 1. The third-order valence-electron chi connectivity index (χ3n) is 4.42. The molecule has 0 atom stereocenters. The minimum Gasteiger partial charge on any atom is -0.378 e. The van der Waals surface area contributed by atoms with E-state index in [9.17, 15) is 8.78 Å². The molecule has 1 fully saturated rings. The number of halogens is 2. The molecule has 2 N–H and O–H groups in total. The predicted octanol–water partition coefficient (Wildman–Crippen LogP) is 2.67. The van der Waals surface area contributed by atoms with Gasteiger partial charge in [-0.05, 0) is 35.4 Å². The number of nitrogens with one attached hydrogen (secondary N) is 2. The van der Waals surface area contributed by atoms with Crippen molar-refractivity contribution in [2.75, 3.05) is 38.3 Å². The van der Waals surface area contributed by atoms with Crippen LogP contribution >= 0.6 is 0 Å². The van der Waals surface area contributed by atoms with E-state index in [2.05, 4.69) is 15.6 Å². The summed E-state index contributed by atoms with van der Waals surface area (Å²) in [5.74, 6) is 0.103. The van der Waals surface area contributed by atoms with E-state index in [1.807, 2.05) is 17.0 Å². The van der Waals surface area contributed by atoms with E-state index < -0.39 is 0 Å². The van der Waals surface area contributed by atoms with Crippen LogP contribution in [0.4, 0.5) is 14.5 Å². The summed E-state index contributed by atoms with van der Waals surface area (Å²) in [5.41, 5.74) is 2.38. The molecule has 0 aliphatic carbocycles. The Morgan fingerprint density at radius 1 is 1.00 bits per heavy atom. The van der Waals surface area contributed by atoms with Gasteiger partial charge in [0.2, 0.25) is 0 Å². The molecule has 0 amide bonds. The molecule has 7 heteroatoms. The van der Waals surface area contributed by atoms with Crippen molar-refractivity contribution >= 4 is 11.6 Å². The van der Waals surface area contributed by atoms with Gasteiger partial charge in [0, 0.05) is 33.2 Å². The molecular formula is C20H24F2N4O. The van der Waals surface area contributed by atoms with Gasteiger partial charge in [0.1, 0.15) is 11.6 Å². The van der Waals surface area contributed by atoms with Crippen molar-refractivity contribution < 1.29 is 13.5 Å². The molecule has 0 saturated carbocycles. The molecule has 0 unspecified atom stereocenters. The molecule has 0 radical (unpaired) electrons. The lowest BCUT2D eigenvalue weighted by molar-refractivity contribution is 0.122. The first kappa shape index (κ1) is 19.1. The second kappa shape index (κ2) is 9.32. The first-order chi connectivity index (χ1) is 13.2. The number of guanidine groups is 1. The molecule has 1 aliphatic rings. The minimum atomic E-state index is -0.260. The van der Waals surface area contributed by atoms with E-state index in [1.54, 1.807) is 25.2 Å². The lowest BCUT2D eigenvalue weighted by Gasteiger charge is -2.29. The number of aliphatic imine (C=N–C) groups is 1. The van der Waals surface area contributed by atoms with E-state index in [4.69, 9.17) is 4.74 Å². The van der Waals surface area contributed by atoms with Crippen LogP contribution in [0, 0.1) is 11.6 Å². The fraction of sp³-hybridized carbons (Fsp3) is 0.350. The summed E-state index contributed by atoms with van der Waals surface area (Å²) in [6.07, 6.45) is 0. The highest BCUT2D eigenvalue weighted by Gasteiger charge is 2.15. The number of rotatable bonds is 5. The Labute approximate surface area is 158 Å². The highest BCUT2D eigenvalue weighted by atomic mass is 19.1. The van der Waals surface area contributed by atoms with Gasteiger partial charge in [0.25, 0.3) is 0 Å². The van der Waals surface area contributed by atoms with Gasteiger partial charge in [-0.3, -0.25) is 4.99 Å². The second-order valence-corrected chi connectivity index (χ2v) is 6.29. The van der Waals surface area contributed by atoms with E-state index in [0.717, 1.165) is 11.1 Å². The van der Waals surface area contributed by atoms with Crippen molar-refractivity contribution in [3.05, 3.63) is 65.2 Å². The smallest absolute Gasteiger partial charge is 0.191 e. The van der Waals surface area contributed by atoms with Gasteiger partial charge in [0.15, 0.2) is 5.96 Å². The largest absolute Gasteiger partial charge is 0.378 e. The van der Waals surface area contributed by atoms with Gasteiger partial charge >= 0.3 is 0 Å². The van der Waals surface area contributed by atoms with Gasteiger partial charge in [-0.25, -0.2) is 8.78 Å². The SMILES string of the molecule is CN=C(NCc1ccc(F)cc1)NCc1ccc(N2CCOCC2)c(F)c1. The quantitative estimate of drug-likeness (QED) is 0.624. The maximum absolute atomic E-state index is 14.5. The molecule has 27 heavy (non-hydrogen) atoms. The van der Waals surface area contributed by atoms with Crippen molar-refractivity contribution in [3.63, 3.8) is 0 Å². The monoisotopic (exact) mass is 374 g/mol. The number of hydrogen-bond donors (Lipinski definition) is 2. The molecule has 144 valence electrons. The van der Waals surface area contributed by atoms with Gasteiger partial charge in [-0.1, -0.05) is 18.2 Å². The fourth-order valence-corrected chi connectivity index (χ4v) is 2.92. The third-order valence-corrected chi connectivity index (χ3v) is 4.42. The Morgan fingerprint density at radius 2 is 1.63 bits per heavy atom. The first-order valence-electron chi connectivity index (χ1n) is 8.96. The van der Waals surface area contributed by atoms with Gasteiger partial charge in [-0.2, -0.15) is 0 Å². The molecular weight excluding hydrogens is 350 g/mol. The maximum Gasteiger partial charge on any atom is 0.191 e. The number of ether oxygens (including phenoxy) is 1. The maximum atomic E-state index is 14.5. The van der Waals surface area contributed by atoms with Crippen LogP contribution in [0.25, 0.3) is 0 Å². The fourth-order valence-electron chi connectivity index (χ4n) is 2.92. The van der Waals surface area contributed by atoms with Crippen LogP contribution in [0.3, 0.4) is 0 Å². The van der Waals surface area contributed by atoms with Crippen molar-refractivity contribution in [2.24, 2.45) is 4.99 Å². The van der Waals surface area contributed by atoms with Crippen LogP contribution in [0.2, 0.25) is 0 Å². The number of benzene rings is 2. The zero-order valence-corrected chi connectivity index (χ0v) is 15.3. The molecule has 1 heterocycles. The molecule has 2 aromatic carbocycles. The van der Waals surface area contributed by atoms with Crippen LogP contribution in [0.15, 0.2) is 47.5 Å². The summed E-state index contributed by atoms with van der Waals surface area (Å²) in [4.78, 5) is 6.15. The third kappa shape index (κ3) is 5.40. The summed E-state index contributed by atoms with van der Waals surface area (Å²) in [7, 11) is 1.67. The van der Waals surface area contributed by atoms with Gasteiger partial charge < -0.3 is 20.3 Å². The number of morpholine rings is 1. The van der Waals surface area contributed by atoms with Crippen LogP contribution in [-0.2, 0) is 17.8 Å². The zero-order chi connectivity index (χ0) is 19.1. The molecule has 5 nitrogen and oxygen atoms in total. The van der Waals surface area contributed by atoms with E-state index in [1.165, 1.54) is 12.1 Å². The molecule has 2 aromatic rings. The summed E-state index contributed by atoms with van der Waals surface area (Å²) in [6, 6.07) is 11.5. The normalized spacial score (nSPS) is 14.9. The summed E-state index contributed by atoms with van der Waals surface area (Å²) >= 11 is 0. The van der Waals surface area contributed by atoms with Crippen LogP contribution in [-0.4, -0.2) is 39.3 Å². The lowest BCUT2D eigenvalue weighted by atomic mass is 10.1. The Morgan fingerprint density at radius 3 is 2.26 bits per heavy atom. The van der Waals surface area contributed by atoms with E-state index in [-0.39, 0.29) is 11.6 Å². The Hall–Kier alpha value is -2.67. The second-order valence-electron chi connectivity index (χ2n) is 6.29. The zero-order valence-electron chi connectivity index (χ0n) is 15.3. The van der Waals surface area contributed by atoms with Gasteiger partial charge in [0.05, 0.1) is 18.9 Å². The first-order valence-corrected chi connectivity index (χ1v) is 8.96. The average molecular weight is 374 g/mol. The van der Waals surface area contributed by atoms with Gasteiger partial charge in [-0.15, -0.1) is 0 Å². The Kier molecular flexibility index (Phi) is 6.59.